The van der Waals surface area contributed by atoms with Gasteiger partial charge in [-0.15, -0.1) is 6.58 Å². The van der Waals surface area contributed by atoms with Gasteiger partial charge in [0, 0.05) is 11.8 Å². The zero-order chi connectivity index (χ0) is 25.4. The van der Waals surface area contributed by atoms with Gasteiger partial charge in [-0.2, -0.15) is 0 Å². The number of allylic oxidation sites excluding steroid dienone is 3. The third kappa shape index (κ3) is 4.37. The number of amides is 2. The molecule has 35 heavy (non-hydrogen) atoms. The summed E-state index contributed by atoms with van der Waals surface area (Å²) in [7, 11) is 0. The van der Waals surface area contributed by atoms with E-state index in [1.807, 2.05) is 26.0 Å². The Morgan fingerprint density at radius 1 is 1.29 bits per heavy atom. The number of aliphatic carboxylic acids is 1. The molecular formula is C28H39NO6. The van der Waals surface area contributed by atoms with Crippen LogP contribution < -0.4 is 5.32 Å². The highest BCUT2D eigenvalue weighted by molar-refractivity contribution is 6.15. The SMILES string of the molecule is C=C[C@H](CCCCC)[C@@H]1C(=O)NC(=O)C1=C1O[C@@H]2[C@@H](O)[C@@H]3C[C@H](C(=O)O)C[C@H](C)[C@H]3[C@H]1[C@@H]2/C=C/C. The van der Waals surface area contributed by atoms with Crippen LogP contribution in [0.1, 0.15) is 59.3 Å². The number of carboxylic acid groups (broad SMARTS) is 1. The maximum absolute atomic E-state index is 13.2. The number of carbonyl (C=O) groups excluding carboxylic acids is 2. The van der Waals surface area contributed by atoms with E-state index in [2.05, 4.69) is 18.8 Å². The zero-order valence-electron chi connectivity index (χ0n) is 21.0. The Morgan fingerprint density at radius 2 is 2.03 bits per heavy atom. The van der Waals surface area contributed by atoms with Crippen molar-refractivity contribution in [2.45, 2.75) is 71.5 Å². The molecule has 4 fully saturated rings. The standard InChI is InChI=1S/C28H39NO6/c1-5-8-9-11-15(7-3)20-22(27(32)29-26(20)31)25-21-17(10-6-2)24(35-25)23(30)18-13-16(28(33)34)12-14(4)19(18)21/h6-7,10,14-21,23-24,30H,3,5,8-9,11-13H2,1-2,4H3,(H,33,34)(H,29,31,32)/b10-6+,25-22?/t14-,15+,16+,17-,18+,19+,20-,21+,23-,24-/m0/s1. The van der Waals surface area contributed by atoms with Gasteiger partial charge in [0.25, 0.3) is 5.91 Å². The molecule has 0 aromatic rings. The number of carbonyl (C=O) groups is 3. The lowest BCUT2D eigenvalue weighted by Crippen LogP contribution is -2.53. The highest BCUT2D eigenvalue weighted by Crippen LogP contribution is 2.59. The first-order valence-electron chi connectivity index (χ1n) is 13.2. The molecule has 2 amide bonds. The van der Waals surface area contributed by atoms with Gasteiger partial charge in [-0.1, -0.05) is 51.3 Å². The average molecular weight is 486 g/mol. The van der Waals surface area contributed by atoms with E-state index in [-0.39, 0.29) is 41.4 Å². The highest BCUT2D eigenvalue weighted by Gasteiger charge is 2.62. The fraction of sp³-hybridized carbons (Fsp3) is 0.679. The summed E-state index contributed by atoms with van der Waals surface area (Å²) < 4.78 is 6.44. The third-order valence-corrected chi connectivity index (χ3v) is 8.89. The largest absolute Gasteiger partial charge is 0.491 e. The van der Waals surface area contributed by atoms with Crippen molar-refractivity contribution in [3.8, 4) is 0 Å². The second-order valence-corrected chi connectivity index (χ2v) is 10.9. The summed E-state index contributed by atoms with van der Waals surface area (Å²) in [6.45, 7) is 10.1. The van der Waals surface area contributed by atoms with E-state index in [1.165, 1.54) is 0 Å². The van der Waals surface area contributed by atoms with Gasteiger partial charge >= 0.3 is 5.97 Å². The van der Waals surface area contributed by atoms with Gasteiger partial charge in [-0.3, -0.25) is 19.7 Å². The Bertz CT molecular complexity index is 938. The van der Waals surface area contributed by atoms with Crippen LogP contribution in [0, 0.1) is 47.3 Å². The summed E-state index contributed by atoms with van der Waals surface area (Å²) >= 11 is 0. The molecule has 4 aliphatic rings. The van der Waals surface area contributed by atoms with Crippen molar-refractivity contribution in [2.75, 3.05) is 0 Å². The molecule has 2 aliphatic carbocycles. The molecule has 7 heteroatoms. The molecule has 2 saturated carbocycles. The molecule has 0 aromatic carbocycles. The van der Waals surface area contributed by atoms with Crippen molar-refractivity contribution >= 4 is 17.8 Å². The number of rotatable bonds is 8. The van der Waals surface area contributed by atoms with Gasteiger partial charge in [-0.05, 0) is 49.9 Å². The fourth-order valence-electron chi connectivity index (χ4n) is 7.40. The van der Waals surface area contributed by atoms with Crippen LogP contribution in [0.25, 0.3) is 0 Å². The van der Waals surface area contributed by atoms with Crippen LogP contribution in [0.5, 0.6) is 0 Å². The Labute approximate surface area is 207 Å². The Kier molecular flexibility index (Phi) is 7.55. The van der Waals surface area contributed by atoms with Gasteiger partial charge in [0.05, 0.1) is 23.5 Å². The number of fused-ring (bicyclic) bond motifs is 4. The fourth-order valence-corrected chi connectivity index (χ4v) is 7.40. The van der Waals surface area contributed by atoms with Crippen molar-refractivity contribution < 1.29 is 29.3 Å². The van der Waals surface area contributed by atoms with Crippen molar-refractivity contribution in [3.63, 3.8) is 0 Å². The second-order valence-electron chi connectivity index (χ2n) is 10.9. The number of ether oxygens (including phenoxy) is 1. The Morgan fingerprint density at radius 3 is 2.66 bits per heavy atom. The summed E-state index contributed by atoms with van der Waals surface area (Å²) in [5, 5.41) is 23.6. The topological polar surface area (TPSA) is 113 Å². The lowest BCUT2D eigenvalue weighted by Gasteiger charge is -2.49. The Balaban J connectivity index is 1.79. The Hall–Kier alpha value is -2.41. The number of nitrogens with one attached hydrogen (secondary N) is 1. The van der Waals surface area contributed by atoms with Crippen LogP contribution in [0.3, 0.4) is 0 Å². The number of hydrogen-bond donors (Lipinski definition) is 3. The molecule has 2 bridgehead atoms. The molecule has 0 radical (unpaired) electrons. The van der Waals surface area contributed by atoms with Gasteiger partial charge < -0.3 is 14.9 Å². The van der Waals surface area contributed by atoms with Crippen LogP contribution in [-0.2, 0) is 19.1 Å². The van der Waals surface area contributed by atoms with E-state index in [0.29, 0.717) is 24.2 Å². The lowest BCUT2D eigenvalue weighted by atomic mass is 9.54. The second kappa shape index (κ2) is 10.3. The smallest absolute Gasteiger partial charge is 0.306 e. The van der Waals surface area contributed by atoms with E-state index in [0.717, 1.165) is 25.7 Å². The summed E-state index contributed by atoms with van der Waals surface area (Å²) in [6.07, 6.45) is 9.08. The lowest BCUT2D eigenvalue weighted by molar-refractivity contribution is -0.150. The van der Waals surface area contributed by atoms with Crippen molar-refractivity contribution in [1.82, 2.24) is 5.32 Å². The van der Waals surface area contributed by atoms with Crippen LogP contribution in [-0.4, -0.2) is 40.2 Å². The first-order valence-corrected chi connectivity index (χ1v) is 13.2. The predicted molar refractivity (Wildman–Crippen MR) is 131 cm³/mol. The molecule has 192 valence electrons. The first-order chi connectivity index (χ1) is 16.7. The van der Waals surface area contributed by atoms with Crippen LogP contribution in [0.4, 0.5) is 0 Å². The van der Waals surface area contributed by atoms with E-state index >= 15 is 0 Å². The number of aliphatic hydroxyl groups is 1. The number of unbranched alkanes of at least 4 members (excludes halogenated alkanes) is 2. The molecule has 0 spiro atoms. The first kappa shape index (κ1) is 25.7. The predicted octanol–water partition coefficient (Wildman–Crippen LogP) is 3.84. The molecule has 2 saturated heterocycles. The van der Waals surface area contributed by atoms with Gasteiger partial charge in [-0.25, -0.2) is 0 Å². The summed E-state index contributed by atoms with van der Waals surface area (Å²) in [5.74, 6) is -2.90. The quantitative estimate of drug-likeness (QED) is 0.208. The van der Waals surface area contributed by atoms with Crippen LogP contribution >= 0.6 is 0 Å². The monoisotopic (exact) mass is 485 g/mol. The van der Waals surface area contributed by atoms with Crippen LogP contribution in [0.15, 0.2) is 36.1 Å². The molecule has 3 N–H and O–H groups in total. The van der Waals surface area contributed by atoms with Crippen molar-refractivity contribution in [3.05, 3.63) is 36.1 Å². The van der Waals surface area contributed by atoms with E-state index in [1.54, 1.807) is 6.08 Å². The maximum Gasteiger partial charge on any atom is 0.306 e. The van der Waals surface area contributed by atoms with Gasteiger partial charge in [0.15, 0.2) is 0 Å². The number of imide groups is 1. The van der Waals surface area contributed by atoms with Gasteiger partial charge in [0.2, 0.25) is 5.91 Å². The molecule has 0 unspecified atom stereocenters. The minimum atomic E-state index is -0.835. The third-order valence-electron chi connectivity index (χ3n) is 8.89. The van der Waals surface area contributed by atoms with E-state index in [4.69, 9.17) is 4.74 Å². The molecule has 2 heterocycles. The number of carboxylic acids is 1. The maximum atomic E-state index is 13.2. The molecule has 2 aliphatic heterocycles. The van der Waals surface area contributed by atoms with E-state index in [9.17, 15) is 24.6 Å². The summed E-state index contributed by atoms with van der Waals surface area (Å²) in [6, 6.07) is 0. The van der Waals surface area contributed by atoms with Crippen molar-refractivity contribution in [2.24, 2.45) is 47.3 Å². The molecule has 4 rings (SSSR count). The molecule has 10 atom stereocenters. The summed E-state index contributed by atoms with van der Waals surface area (Å²) in [5.41, 5.74) is 0.388. The molecule has 7 nitrogen and oxygen atoms in total. The molecular weight excluding hydrogens is 446 g/mol. The van der Waals surface area contributed by atoms with E-state index < -0.39 is 35.9 Å². The average Bonchev–Trinajstić information content (AvgIpc) is 3.27. The van der Waals surface area contributed by atoms with Crippen molar-refractivity contribution in [1.29, 1.82) is 0 Å². The number of aliphatic hydroxyl groups excluding tert-OH is 1. The molecule has 0 aromatic heterocycles. The van der Waals surface area contributed by atoms with Gasteiger partial charge in [0.1, 0.15) is 11.9 Å². The zero-order valence-corrected chi connectivity index (χ0v) is 21.0. The normalized spacial score (nSPS) is 41.4. The summed E-state index contributed by atoms with van der Waals surface area (Å²) in [4.78, 5) is 38.0. The minimum Gasteiger partial charge on any atom is -0.491 e. The van der Waals surface area contributed by atoms with Crippen LogP contribution in [0.2, 0.25) is 0 Å². The minimum absolute atomic E-state index is 0.0267. The highest BCUT2D eigenvalue weighted by atomic mass is 16.5. The number of hydrogen-bond acceptors (Lipinski definition) is 5.